The molecule has 0 saturated carbocycles. The van der Waals surface area contributed by atoms with Gasteiger partial charge in [0.2, 0.25) is 11.7 Å². The van der Waals surface area contributed by atoms with Gasteiger partial charge in [-0.25, -0.2) is 4.98 Å². The fourth-order valence-electron chi connectivity index (χ4n) is 2.84. The third-order valence-electron chi connectivity index (χ3n) is 4.21. The van der Waals surface area contributed by atoms with Crippen molar-refractivity contribution >= 4 is 12.6 Å². The van der Waals surface area contributed by atoms with Crippen LogP contribution >= 0.6 is 0 Å². The monoisotopic (exact) mass is 419 g/mol. The van der Waals surface area contributed by atoms with E-state index in [9.17, 15) is 0 Å². The molecule has 0 atom stereocenters. The van der Waals surface area contributed by atoms with Crippen molar-refractivity contribution in [2.24, 2.45) is 0 Å². The Morgan fingerprint density at radius 2 is 1.89 bits per heavy atom. The number of aromatic nitrogens is 7. The van der Waals surface area contributed by atoms with E-state index in [1.165, 1.54) is 0 Å². The molecule has 0 N–H and O–H groups in total. The van der Waals surface area contributed by atoms with E-state index in [1.807, 2.05) is 52.0 Å². The van der Waals surface area contributed by atoms with E-state index in [0.717, 1.165) is 30.9 Å². The van der Waals surface area contributed by atoms with E-state index in [4.69, 9.17) is 17.2 Å². The summed E-state index contributed by atoms with van der Waals surface area (Å²) in [5, 5.41) is 12.8. The topological polar surface area (TPSA) is 87.5 Å². The molecule has 0 aliphatic carbocycles. The third kappa shape index (κ3) is 5.34. The second kappa shape index (κ2) is 10.4. The van der Waals surface area contributed by atoms with Crippen molar-refractivity contribution < 1.29 is 55.9 Å². The first-order valence-corrected chi connectivity index (χ1v) is 9.13. The number of benzene rings is 1. The summed E-state index contributed by atoms with van der Waals surface area (Å²) in [5.41, 5.74) is 0.933. The van der Waals surface area contributed by atoms with Crippen molar-refractivity contribution in [3.05, 3.63) is 60.8 Å². The molecule has 3 aromatic heterocycles. The molecule has 0 fully saturated rings. The fraction of sp³-hybridized carbons (Fsp3) is 0.278. The van der Waals surface area contributed by atoms with Crippen molar-refractivity contribution in [3.8, 4) is 11.4 Å². The maximum atomic E-state index is 5.36. The SMILES string of the molecule is [K+].[S-]c1nnc(CCc2nc(-c3ccccc3)no2)n1CCCn1ccnc1. The molecule has 0 bridgehead atoms. The Labute approximate surface area is 210 Å². The largest absolute Gasteiger partial charge is 1.00 e. The van der Waals surface area contributed by atoms with Crippen LogP contribution in [-0.2, 0) is 38.6 Å². The molecule has 0 aliphatic rings. The number of hydrogen-bond donors (Lipinski definition) is 0. The quantitative estimate of drug-likeness (QED) is 0.276. The van der Waals surface area contributed by atoms with Crippen LogP contribution in [0.15, 0.2) is 58.7 Å². The maximum absolute atomic E-state index is 5.36. The van der Waals surface area contributed by atoms with Gasteiger partial charge >= 0.3 is 51.4 Å². The molecule has 3 heterocycles. The summed E-state index contributed by atoms with van der Waals surface area (Å²) in [4.78, 5) is 8.50. The van der Waals surface area contributed by atoms with Gasteiger partial charge in [-0.3, -0.25) is 0 Å². The van der Waals surface area contributed by atoms with Gasteiger partial charge in [0.25, 0.3) is 0 Å². The minimum absolute atomic E-state index is 0. The number of aryl methyl sites for hydroxylation is 3. The summed E-state index contributed by atoms with van der Waals surface area (Å²) in [5.74, 6) is 2.01. The molecular weight excluding hydrogens is 401 g/mol. The Hall–Kier alpha value is -1.43. The molecule has 1 aromatic carbocycles. The minimum Gasteiger partial charge on any atom is -0.740 e. The van der Waals surface area contributed by atoms with Crippen LogP contribution in [0.1, 0.15) is 18.1 Å². The van der Waals surface area contributed by atoms with Crippen molar-refractivity contribution in [3.63, 3.8) is 0 Å². The zero-order valence-corrected chi connectivity index (χ0v) is 19.5. The van der Waals surface area contributed by atoms with Crippen LogP contribution in [0, 0.1) is 0 Å². The first kappa shape index (κ1) is 21.3. The summed E-state index contributed by atoms with van der Waals surface area (Å²) in [6.07, 6.45) is 7.68. The van der Waals surface area contributed by atoms with Gasteiger partial charge in [0.1, 0.15) is 5.82 Å². The zero-order valence-electron chi connectivity index (χ0n) is 15.6. The molecule has 0 radical (unpaired) electrons. The van der Waals surface area contributed by atoms with Crippen molar-refractivity contribution in [2.45, 2.75) is 37.5 Å². The summed E-state index contributed by atoms with van der Waals surface area (Å²) >= 11 is 5.30. The minimum atomic E-state index is 0. The van der Waals surface area contributed by atoms with Crippen LogP contribution in [0.2, 0.25) is 0 Å². The normalized spacial score (nSPS) is 10.7. The van der Waals surface area contributed by atoms with E-state index in [2.05, 4.69) is 25.3 Å². The molecule has 138 valence electrons. The van der Waals surface area contributed by atoms with Crippen LogP contribution in [0.25, 0.3) is 11.4 Å². The first-order valence-electron chi connectivity index (χ1n) is 8.72. The van der Waals surface area contributed by atoms with Crippen molar-refractivity contribution in [2.75, 3.05) is 0 Å². The predicted molar refractivity (Wildman–Crippen MR) is 99.6 cm³/mol. The van der Waals surface area contributed by atoms with Crippen LogP contribution in [0.3, 0.4) is 0 Å². The third-order valence-corrected chi connectivity index (χ3v) is 4.52. The molecule has 0 aliphatic heterocycles. The number of imidazole rings is 1. The molecule has 4 rings (SSSR count). The zero-order chi connectivity index (χ0) is 18.5. The number of rotatable bonds is 8. The standard InChI is InChI=1S/C18H19N7OS.K/c27-18-22-21-15(25(18)11-4-10-24-12-9-19-13-24)7-8-16-20-17(23-26-16)14-5-2-1-3-6-14;/h1-3,5-6,9,12-13H,4,7-8,10-11H2,(H,22,27);/q;+1/p-1. The van der Waals surface area contributed by atoms with E-state index in [-0.39, 0.29) is 51.4 Å². The first-order chi connectivity index (χ1) is 13.3. The van der Waals surface area contributed by atoms with Crippen LogP contribution in [0.5, 0.6) is 0 Å². The van der Waals surface area contributed by atoms with E-state index in [0.29, 0.717) is 29.7 Å². The van der Waals surface area contributed by atoms with Crippen LogP contribution in [0.4, 0.5) is 0 Å². The van der Waals surface area contributed by atoms with Gasteiger partial charge in [0.15, 0.2) is 0 Å². The van der Waals surface area contributed by atoms with Crippen LogP contribution < -0.4 is 51.4 Å². The average molecular weight is 420 g/mol. The smallest absolute Gasteiger partial charge is 0.740 e. The maximum Gasteiger partial charge on any atom is 1.00 e. The molecular formula is C18H18KN7OS. The van der Waals surface area contributed by atoms with E-state index < -0.39 is 0 Å². The van der Waals surface area contributed by atoms with E-state index >= 15 is 0 Å². The van der Waals surface area contributed by atoms with Gasteiger partial charge in [0, 0.05) is 49.0 Å². The molecule has 0 spiro atoms. The van der Waals surface area contributed by atoms with Gasteiger partial charge in [-0.1, -0.05) is 35.5 Å². The summed E-state index contributed by atoms with van der Waals surface area (Å²) in [7, 11) is 0. The second-order valence-electron chi connectivity index (χ2n) is 6.08. The number of nitrogens with zero attached hydrogens (tertiary/aromatic N) is 7. The van der Waals surface area contributed by atoms with Gasteiger partial charge in [0.05, 0.1) is 6.33 Å². The molecule has 0 unspecified atom stereocenters. The Bertz CT molecular complexity index is 985. The summed E-state index contributed by atoms with van der Waals surface area (Å²) in [6, 6.07) is 9.76. The molecule has 10 heteroatoms. The average Bonchev–Trinajstić information content (AvgIpc) is 3.44. The van der Waals surface area contributed by atoms with Gasteiger partial charge < -0.3 is 26.3 Å². The molecule has 28 heavy (non-hydrogen) atoms. The second-order valence-corrected chi connectivity index (χ2v) is 6.45. The Morgan fingerprint density at radius 1 is 1.04 bits per heavy atom. The molecule has 0 amide bonds. The van der Waals surface area contributed by atoms with Crippen LogP contribution in [-0.4, -0.2) is 34.5 Å². The summed E-state index contributed by atoms with van der Waals surface area (Å²) in [6.45, 7) is 1.63. The molecule has 8 nitrogen and oxygen atoms in total. The molecule has 0 saturated heterocycles. The number of hydrogen-bond acceptors (Lipinski definition) is 7. The Kier molecular flexibility index (Phi) is 7.88. The Morgan fingerprint density at radius 3 is 2.68 bits per heavy atom. The fourth-order valence-corrected chi connectivity index (χ4v) is 3.08. The predicted octanol–water partition coefficient (Wildman–Crippen LogP) is -0.690. The van der Waals surface area contributed by atoms with Crippen molar-refractivity contribution in [1.29, 1.82) is 0 Å². The summed E-state index contributed by atoms with van der Waals surface area (Å²) < 4.78 is 9.37. The van der Waals surface area contributed by atoms with Gasteiger partial charge in [-0.2, -0.15) is 10.1 Å². The molecule has 4 aromatic rings. The van der Waals surface area contributed by atoms with Gasteiger partial charge in [-0.05, 0) is 6.42 Å². The van der Waals surface area contributed by atoms with Crippen molar-refractivity contribution in [1.82, 2.24) is 34.5 Å². The van der Waals surface area contributed by atoms with Gasteiger partial charge in [-0.15, -0.1) is 5.10 Å². The van der Waals surface area contributed by atoms with E-state index in [1.54, 1.807) is 6.20 Å². The Balaban J connectivity index is 0.00000225.